The fourth-order valence-electron chi connectivity index (χ4n) is 3.16. The lowest BCUT2D eigenvalue weighted by Gasteiger charge is -2.27. The van der Waals surface area contributed by atoms with Crippen LogP contribution in [0, 0.1) is 5.82 Å². The molecule has 1 aliphatic rings. The number of ketones is 1. The van der Waals surface area contributed by atoms with Crippen LogP contribution in [0.1, 0.15) is 28.4 Å². The molecule has 1 heterocycles. The van der Waals surface area contributed by atoms with Gasteiger partial charge in [0.05, 0.1) is 6.04 Å². The van der Waals surface area contributed by atoms with Crippen LogP contribution in [0.2, 0.25) is 0 Å². The van der Waals surface area contributed by atoms with Gasteiger partial charge in [0.15, 0.2) is 5.78 Å². The number of nitrogens with one attached hydrogen (secondary N) is 1. The molecule has 1 N–H and O–H groups in total. The fraction of sp³-hybridized carbons (Fsp3) is 0.105. The maximum absolute atomic E-state index is 14.0. The molecular formula is C19H14FNO. The second-order valence-corrected chi connectivity index (χ2v) is 5.55. The molecule has 2 nitrogen and oxygen atoms in total. The highest BCUT2D eigenvalue weighted by atomic mass is 19.1. The second kappa shape index (κ2) is 4.95. The molecule has 0 amide bonds. The molecule has 4 rings (SSSR count). The standard InChI is InChI=1S/C19H14FNO/c20-15-8-4-3-7-14(15)17-11-18(22)19-13-6-2-1-5-12(13)9-10-16(19)21-17/h1-10,17,21H,11H2/t17-/m1/s1. The normalized spacial score (nSPS) is 17.1. The number of benzene rings is 3. The van der Waals surface area contributed by atoms with E-state index in [0.29, 0.717) is 11.1 Å². The van der Waals surface area contributed by atoms with Crippen molar-refractivity contribution >= 4 is 22.2 Å². The van der Waals surface area contributed by atoms with Crippen LogP contribution in [0.25, 0.3) is 10.8 Å². The zero-order chi connectivity index (χ0) is 15.1. The number of Topliss-reactive ketones (excluding diaryl/α,β-unsaturated/α-hetero) is 1. The molecule has 0 spiro atoms. The van der Waals surface area contributed by atoms with Gasteiger partial charge in [0.2, 0.25) is 0 Å². The molecule has 0 bridgehead atoms. The van der Waals surface area contributed by atoms with Crippen LogP contribution < -0.4 is 5.32 Å². The first kappa shape index (κ1) is 13.0. The van der Waals surface area contributed by atoms with Gasteiger partial charge in [0, 0.05) is 23.2 Å². The van der Waals surface area contributed by atoms with Crippen molar-refractivity contribution in [3.63, 3.8) is 0 Å². The summed E-state index contributed by atoms with van der Waals surface area (Å²) in [5.41, 5.74) is 2.03. The molecule has 3 aromatic rings. The molecule has 0 radical (unpaired) electrons. The van der Waals surface area contributed by atoms with E-state index >= 15 is 0 Å². The van der Waals surface area contributed by atoms with Gasteiger partial charge < -0.3 is 5.32 Å². The van der Waals surface area contributed by atoms with Crippen molar-refractivity contribution < 1.29 is 9.18 Å². The molecule has 0 aliphatic carbocycles. The van der Waals surface area contributed by atoms with Gasteiger partial charge in [-0.1, -0.05) is 48.5 Å². The Labute approximate surface area is 127 Å². The number of hydrogen-bond donors (Lipinski definition) is 1. The highest BCUT2D eigenvalue weighted by Crippen LogP contribution is 2.37. The highest BCUT2D eigenvalue weighted by Gasteiger charge is 2.28. The first-order valence-corrected chi connectivity index (χ1v) is 7.30. The van der Waals surface area contributed by atoms with Gasteiger partial charge in [-0.15, -0.1) is 0 Å². The number of carbonyl (C=O) groups is 1. The van der Waals surface area contributed by atoms with Gasteiger partial charge in [0.25, 0.3) is 0 Å². The van der Waals surface area contributed by atoms with Gasteiger partial charge in [0.1, 0.15) is 5.82 Å². The lowest BCUT2D eigenvalue weighted by atomic mass is 9.89. The van der Waals surface area contributed by atoms with Gasteiger partial charge in [-0.05, 0) is 22.9 Å². The number of fused-ring (bicyclic) bond motifs is 3. The molecule has 3 aromatic carbocycles. The van der Waals surface area contributed by atoms with E-state index in [1.807, 2.05) is 36.4 Å². The molecule has 0 saturated heterocycles. The van der Waals surface area contributed by atoms with E-state index in [4.69, 9.17) is 0 Å². The average molecular weight is 291 g/mol. The minimum absolute atomic E-state index is 0.0544. The topological polar surface area (TPSA) is 29.1 Å². The smallest absolute Gasteiger partial charge is 0.167 e. The number of carbonyl (C=O) groups excluding carboxylic acids is 1. The van der Waals surface area contributed by atoms with Gasteiger partial charge in [-0.2, -0.15) is 0 Å². The fourth-order valence-corrected chi connectivity index (χ4v) is 3.16. The van der Waals surface area contributed by atoms with Crippen molar-refractivity contribution in [3.8, 4) is 0 Å². The van der Waals surface area contributed by atoms with Gasteiger partial charge in [-0.25, -0.2) is 4.39 Å². The average Bonchev–Trinajstić information content (AvgIpc) is 2.54. The summed E-state index contributed by atoms with van der Waals surface area (Å²) >= 11 is 0. The zero-order valence-electron chi connectivity index (χ0n) is 11.8. The Kier molecular flexibility index (Phi) is 2.93. The Morgan fingerprint density at radius 2 is 1.73 bits per heavy atom. The Bertz CT molecular complexity index is 887. The van der Waals surface area contributed by atoms with Crippen LogP contribution in [0.15, 0.2) is 60.7 Å². The number of halogens is 1. The lowest BCUT2D eigenvalue weighted by molar-refractivity contribution is 0.0973. The summed E-state index contributed by atoms with van der Waals surface area (Å²) in [6, 6.07) is 18.0. The summed E-state index contributed by atoms with van der Waals surface area (Å²) in [6.07, 6.45) is 0.266. The van der Waals surface area contributed by atoms with Crippen LogP contribution in [0.5, 0.6) is 0 Å². The molecule has 3 heteroatoms. The summed E-state index contributed by atoms with van der Waals surface area (Å²) < 4.78 is 14.0. The second-order valence-electron chi connectivity index (χ2n) is 5.55. The largest absolute Gasteiger partial charge is 0.377 e. The molecule has 1 atom stereocenters. The third-order valence-corrected chi connectivity index (χ3v) is 4.21. The molecule has 0 unspecified atom stereocenters. The van der Waals surface area contributed by atoms with E-state index < -0.39 is 0 Å². The minimum atomic E-state index is -0.317. The monoisotopic (exact) mass is 291 g/mol. The summed E-state index contributed by atoms with van der Waals surface area (Å²) in [5, 5.41) is 5.31. The third-order valence-electron chi connectivity index (χ3n) is 4.21. The lowest BCUT2D eigenvalue weighted by Crippen LogP contribution is -2.23. The molecule has 22 heavy (non-hydrogen) atoms. The van der Waals surface area contributed by atoms with E-state index in [9.17, 15) is 9.18 Å². The van der Waals surface area contributed by atoms with E-state index in [1.54, 1.807) is 18.2 Å². The SMILES string of the molecule is O=C1C[C@H](c2ccccc2F)Nc2ccc3ccccc3c21. The predicted octanol–water partition coefficient (Wildman–Crippen LogP) is 4.72. The molecular weight excluding hydrogens is 277 g/mol. The summed E-state index contributed by atoms with van der Waals surface area (Å²) in [7, 11) is 0. The molecule has 108 valence electrons. The van der Waals surface area contributed by atoms with Crippen LogP contribution >= 0.6 is 0 Å². The van der Waals surface area contributed by atoms with E-state index in [0.717, 1.165) is 16.5 Å². The maximum atomic E-state index is 14.0. The van der Waals surface area contributed by atoms with Crippen molar-refractivity contribution in [2.45, 2.75) is 12.5 Å². The van der Waals surface area contributed by atoms with Crippen LogP contribution in [-0.2, 0) is 0 Å². The number of hydrogen-bond acceptors (Lipinski definition) is 2. The Balaban J connectivity index is 1.83. The van der Waals surface area contributed by atoms with Gasteiger partial charge in [-0.3, -0.25) is 4.79 Å². The van der Waals surface area contributed by atoms with E-state index in [2.05, 4.69) is 5.32 Å². The highest BCUT2D eigenvalue weighted by molar-refractivity contribution is 6.14. The summed E-state index contributed by atoms with van der Waals surface area (Å²) in [6.45, 7) is 0. The van der Waals surface area contributed by atoms with E-state index in [1.165, 1.54) is 6.07 Å². The quantitative estimate of drug-likeness (QED) is 0.703. The van der Waals surface area contributed by atoms with Crippen LogP contribution in [0.4, 0.5) is 10.1 Å². The first-order valence-electron chi connectivity index (χ1n) is 7.30. The molecule has 0 aromatic heterocycles. The Morgan fingerprint density at radius 1 is 0.955 bits per heavy atom. The zero-order valence-corrected chi connectivity index (χ0v) is 11.8. The minimum Gasteiger partial charge on any atom is -0.377 e. The summed E-state index contributed by atoms with van der Waals surface area (Å²) in [5.74, 6) is -0.226. The number of rotatable bonds is 1. The van der Waals surface area contributed by atoms with Crippen molar-refractivity contribution in [1.82, 2.24) is 0 Å². The van der Waals surface area contributed by atoms with Gasteiger partial charge >= 0.3 is 0 Å². The molecule has 0 fully saturated rings. The van der Waals surface area contributed by atoms with Crippen molar-refractivity contribution in [2.24, 2.45) is 0 Å². The molecule has 1 aliphatic heterocycles. The summed E-state index contributed by atoms with van der Waals surface area (Å²) in [4.78, 5) is 12.6. The first-order chi connectivity index (χ1) is 10.7. The maximum Gasteiger partial charge on any atom is 0.167 e. The number of anilines is 1. The predicted molar refractivity (Wildman–Crippen MR) is 85.7 cm³/mol. The van der Waals surface area contributed by atoms with Crippen molar-refractivity contribution in [3.05, 3.63) is 77.6 Å². The van der Waals surface area contributed by atoms with Crippen molar-refractivity contribution in [2.75, 3.05) is 5.32 Å². The third kappa shape index (κ3) is 1.98. The Hall–Kier alpha value is -2.68. The van der Waals surface area contributed by atoms with E-state index in [-0.39, 0.29) is 24.1 Å². The van der Waals surface area contributed by atoms with Crippen molar-refractivity contribution in [1.29, 1.82) is 0 Å². The molecule has 0 saturated carbocycles. The van der Waals surface area contributed by atoms with Crippen LogP contribution in [0.3, 0.4) is 0 Å². The van der Waals surface area contributed by atoms with Crippen LogP contribution in [-0.4, -0.2) is 5.78 Å². The Morgan fingerprint density at radius 3 is 2.59 bits per heavy atom.